The van der Waals surface area contributed by atoms with Crippen LogP contribution in [0, 0.1) is 18.6 Å². The Kier molecular flexibility index (Phi) is 3.43. The monoisotopic (exact) mass is 273 g/mol. The molecule has 1 aliphatic carbocycles. The second-order valence-corrected chi connectivity index (χ2v) is 5.48. The van der Waals surface area contributed by atoms with Crippen molar-refractivity contribution in [2.24, 2.45) is 0 Å². The van der Waals surface area contributed by atoms with Gasteiger partial charge in [0.1, 0.15) is 11.6 Å². The predicted octanol–water partition coefficient (Wildman–Crippen LogP) is 4.63. The van der Waals surface area contributed by atoms with Crippen LogP contribution in [0.5, 0.6) is 0 Å². The highest BCUT2D eigenvalue weighted by atomic mass is 19.1. The van der Waals surface area contributed by atoms with Crippen LogP contribution in [0.2, 0.25) is 0 Å². The van der Waals surface area contributed by atoms with E-state index in [-0.39, 0.29) is 11.6 Å². The van der Waals surface area contributed by atoms with E-state index in [0.717, 1.165) is 24.1 Å². The lowest BCUT2D eigenvalue weighted by Crippen LogP contribution is -2.34. The van der Waals surface area contributed by atoms with Gasteiger partial charge in [-0.2, -0.15) is 0 Å². The summed E-state index contributed by atoms with van der Waals surface area (Å²) in [5, 5.41) is 3.37. The smallest absolute Gasteiger partial charge is 0.128 e. The Hall–Kier alpha value is -1.90. The molecule has 0 unspecified atom stereocenters. The molecule has 0 saturated heterocycles. The van der Waals surface area contributed by atoms with Crippen LogP contribution in [0.25, 0.3) is 0 Å². The molecule has 1 aliphatic rings. The molecule has 1 nitrogen and oxygen atoms in total. The molecule has 0 aliphatic heterocycles. The van der Waals surface area contributed by atoms with Gasteiger partial charge in [0.15, 0.2) is 0 Å². The van der Waals surface area contributed by atoms with Crippen molar-refractivity contribution in [3.8, 4) is 0 Å². The Morgan fingerprint density at radius 1 is 1.05 bits per heavy atom. The average Bonchev–Trinajstić information content (AvgIpc) is 2.38. The van der Waals surface area contributed by atoms with Gasteiger partial charge >= 0.3 is 0 Å². The fraction of sp³-hybridized carbons (Fsp3) is 0.294. The first kappa shape index (κ1) is 13.1. The Labute approximate surface area is 117 Å². The van der Waals surface area contributed by atoms with Crippen LogP contribution in [0.4, 0.5) is 14.5 Å². The van der Waals surface area contributed by atoms with Gasteiger partial charge in [0.2, 0.25) is 0 Å². The van der Waals surface area contributed by atoms with E-state index in [2.05, 4.69) is 5.32 Å². The lowest BCUT2D eigenvalue weighted by molar-refractivity contribution is 0.372. The summed E-state index contributed by atoms with van der Waals surface area (Å²) >= 11 is 0. The van der Waals surface area contributed by atoms with Crippen LogP contribution < -0.4 is 5.32 Å². The molecular formula is C17H17F2N. The van der Waals surface area contributed by atoms with E-state index in [1.807, 2.05) is 12.1 Å². The third kappa shape index (κ3) is 2.53. The fourth-order valence-corrected chi connectivity index (χ4v) is 2.75. The maximum absolute atomic E-state index is 13.5. The largest absolute Gasteiger partial charge is 0.382 e. The molecule has 0 aromatic heterocycles. The number of benzene rings is 2. The first-order chi connectivity index (χ1) is 9.63. The number of rotatable bonds is 3. The van der Waals surface area contributed by atoms with Gasteiger partial charge in [-0.1, -0.05) is 18.2 Å². The molecule has 2 aromatic carbocycles. The Balaban J connectivity index is 1.62. The quantitative estimate of drug-likeness (QED) is 0.859. The van der Waals surface area contributed by atoms with Gasteiger partial charge in [-0.15, -0.1) is 0 Å². The molecule has 1 N–H and O–H groups in total. The minimum atomic E-state index is -0.184. The topological polar surface area (TPSA) is 12.0 Å². The van der Waals surface area contributed by atoms with E-state index >= 15 is 0 Å². The summed E-state index contributed by atoms with van der Waals surface area (Å²) in [7, 11) is 0. The highest BCUT2D eigenvalue weighted by molar-refractivity contribution is 5.52. The number of hydrogen-bond acceptors (Lipinski definition) is 1. The maximum Gasteiger partial charge on any atom is 0.128 e. The Morgan fingerprint density at radius 2 is 1.80 bits per heavy atom. The molecule has 0 heterocycles. The third-order valence-corrected chi connectivity index (χ3v) is 4.09. The summed E-state index contributed by atoms with van der Waals surface area (Å²) in [6.07, 6.45) is 1.92. The van der Waals surface area contributed by atoms with Gasteiger partial charge in [-0.05, 0) is 55.5 Å². The lowest BCUT2D eigenvalue weighted by atomic mass is 9.75. The second kappa shape index (κ2) is 5.23. The SMILES string of the molecule is Cc1c(F)cccc1NC1CC(c2cccc(F)c2)C1. The minimum absolute atomic E-state index is 0.181. The van der Waals surface area contributed by atoms with Crippen molar-refractivity contribution in [2.75, 3.05) is 5.32 Å². The molecule has 20 heavy (non-hydrogen) atoms. The van der Waals surface area contributed by atoms with Crippen molar-refractivity contribution >= 4 is 5.69 Å². The molecular weight excluding hydrogens is 256 g/mol. The molecule has 0 radical (unpaired) electrons. The van der Waals surface area contributed by atoms with Crippen molar-refractivity contribution in [3.05, 3.63) is 65.2 Å². The molecule has 3 rings (SSSR count). The standard InChI is InChI=1S/C17H17F2N/c1-11-16(19)6-3-7-17(11)20-15-9-13(10-15)12-4-2-5-14(18)8-12/h2-8,13,15,20H,9-10H2,1H3. The Bertz CT molecular complexity index is 618. The van der Waals surface area contributed by atoms with E-state index < -0.39 is 0 Å². The molecule has 0 atom stereocenters. The van der Waals surface area contributed by atoms with E-state index in [4.69, 9.17) is 0 Å². The first-order valence-electron chi connectivity index (χ1n) is 6.90. The van der Waals surface area contributed by atoms with Gasteiger partial charge in [0.05, 0.1) is 0 Å². The summed E-state index contributed by atoms with van der Waals surface area (Å²) < 4.78 is 26.6. The molecule has 0 bridgehead atoms. The van der Waals surface area contributed by atoms with Crippen molar-refractivity contribution in [2.45, 2.75) is 31.7 Å². The summed E-state index contributed by atoms with van der Waals surface area (Å²) in [6.45, 7) is 1.78. The zero-order valence-electron chi connectivity index (χ0n) is 11.4. The van der Waals surface area contributed by atoms with Crippen LogP contribution in [0.1, 0.15) is 29.9 Å². The van der Waals surface area contributed by atoms with Crippen molar-refractivity contribution in [1.29, 1.82) is 0 Å². The molecule has 0 amide bonds. The van der Waals surface area contributed by atoms with E-state index in [0.29, 0.717) is 17.5 Å². The number of nitrogens with one attached hydrogen (secondary N) is 1. The molecule has 1 fully saturated rings. The normalized spacial score (nSPS) is 21.4. The molecule has 2 aromatic rings. The summed E-state index contributed by atoms with van der Waals surface area (Å²) in [6, 6.07) is 12.2. The zero-order chi connectivity index (χ0) is 14.1. The van der Waals surface area contributed by atoms with Gasteiger partial charge in [-0.3, -0.25) is 0 Å². The lowest BCUT2D eigenvalue weighted by Gasteiger charge is -2.37. The number of hydrogen-bond donors (Lipinski definition) is 1. The van der Waals surface area contributed by atoms with Gasteiger partial charge in [0.25, 0.3) is 0 Å². The second-order valence-electron chi connectivity index (χ2n) is 5.48. The first-order valence-corrected chi connectivity index (χ1v) is 6.90. The molecule has 3 heteroatoms. The predicted molar refractivity (Wildman–Crippen MR) is 76.9 cm³/mol. The minimum Gasteiger partial charge on any atom is -0.382 e. The van der Waals surface area contributed by atoms with E-state index in [1.54, 1.807) is 25.1 Å². The summed E-state index contributed by atoms with van der Waals surface area (Å²) in [4.78, 5) is 0. The number of halogens is 2. The molecule has 0 spiro atoms. The summed E-state index contributed by atoms with van der Waals surface area (Å²) in [5.41, 5.74) is 2.56. The molecule has 1 saturated carbocycles. The zero-order valence-corrected chi connectivity index (χ0v) is 11.4. The average molecular weight is 273 g/mol. The van der Waals surface area contributed by atoms with Gasteiger partial charge < -0.3 is 5.32 Å². The van der Waals surface area contributed by atoms with Gasteiger partial charge in [0, 0.05) is 17.3 Å². The van der Waals surface area contributed by atoms with Crippen LogP contribution in [-0.2, 0) is 0 Å². The third-order valence-electron chi connectivity index (χ3n) is 4.09. The Morgan fingerprint density at radius 3 is 2.55 bits per heavy atom. The highest BCUT2D eigenvalue weighted by Crippen LogP contribution is 2.39. The van der Waals surface area contributed by atoms with Crippen LogP contribution in [0.3, 0.4) is 0 Å². The molecule has 104 valence electrons. The van der Waals surface area contributed by atoms with Crippen LogP contribution in [0.15, 0.2) is 42.5 Å². The van der Waals surface area contributed by atoms with Crippen molar-refractivity contribution in [3.63, 3.8) is 0 Å². The van der Waals surface area contributed by atoms with Crippen molar-refractivity contribution in [1.82, 2.24) is 0 Å². The van der Waals surface area contributed by atoms with Crippen molar-refractivity contribution < 1.29 is 8.78 Å². The van der Waals surface area contributed by atoms with E-state index in [9.17, 15) is 8.78 Å². The maximum atomic E-state index is 13.5. The van der Waals surface area contributed by atoms with E-state index in [1.165, 1.54) is 12.1 Å². The summed E-state index contributed by atoms with van der Waals surface area (Å²) in [5.74, 6) is 0.0351. The van der Waals surface area contributed by atoms with Crippen LogP contribution >= 0.6 is 0 Å². The highest BCUT2D eigenvalue weighted by Gasteiger charge is 2.30. The number of anilines is 1. The van der Waals surface area contributed by atoms with Gasteiger partial charge in [-0.25, -0.2) is 8.78 Å². The van der Waals surface area contributed by atoms with Crippen LogP contribution in [-0.4, -0.2) is 6.04 Å². The fourth-order valence-electron chi connectivity index (χ4n) is 2.75.